The van der Waals surface area contributed by atoms with Crippen LogP contribution in [0.1, 0.15) is 86.5 Å². The fraction of sp³-hybridized carbons (Fsp3) is 0.367. The Morgan fingerprint density at radius 2 is 1.58 bits per heavy atom. The number of methoxy groups -OCH3 is 1. The predicted octanol–water partition coefficient (Wildman–Crippen LogP) is 5.48. The second kappa shape index (κ2) is 22.3. The van der Waals surface area contributed by atoms with Gasteiger partial charge in [0.25, 0.3) is 5.91 Å². The van der Waals surface area contributed by atoms with Crippen LogP contribution in [0.5, 0.6) is 5.75 Å². The van der Waals surface area contributed by atoms with E-state index in [9.17, 15) is 19.6 Å². The maximum atomic E-state index is 13.6. The summed E-state index contributed by atoms with van der Waals surface area (Å²) >= 11 is 6.06. The Balaban J connectivity index is 0.00000726. The van der Waals surface area contributed by atoms with Gasteiger partial charge in [0.15, 0.2) is 0 Å². The number of amides is 2. The number of nitriles is 1. The molecule has 62 heavy (non-hydrogen) atoms. The van der Waals surface area contributed by atoms with Crippen molar-refractivity contribution in [3.05, 3.63) is 112 Å². The standard InChI is InChI=1S/C49H55ClN6O5.ClH/c1-6-54(7-2)37-19-22-39-43(32-51)42-28-36(20-24-45(42)61-46(39)29-37)55(8-3)27-13-9-10-14-47(57)52-25-11-12-26-53-48(58)31-40-33(4)56(44-23-21-38(60-5)30-41(40)44)49(59)34-15-17-35(50)18-16-34;/h15-24,28-30H,6-14,25-27,31H2,1-5H3,(H-,52,53,57,58);1H. The van der Waals surface area contributed by atoms with Crippen molar-refractivity contribution in [3.8, 4) is 23.1 Å². The number of hydrogen-bond donors (Lipinski definition) is 2. The lowest BCUT2D eigenvalue weighted by atomic mass is 10.00. The Hall–Kier alpha value is -5.83. The van der Waals surface area contributed by atoms with Crippen molar-refractivity contribution in [1.82, 2.24) is 19.8 Å². The van der Waals surface area contributed by atoms with Crippen molar-refractivity contribution in [2.45, 2.75) is 72.6 Å². The lowest BCUT2D eigenvalue weighted by Gasteiger charge is -2.24. The smallest absolute Gasteiger partial charge is 0.262 e. The maximum Gasteiger partial charge on any atom is 0.262 e. The van der Waals surface area contributed by atoms with Crippen molar-refractivity contribution in [2.75, 3.05) is 51.3 Å². The maximum absolute atomic E-state index is 13.6. The number of hydrogen-bond acceptors (Lipinski definition) is 7. The highest BCUT2D eigenvalue weighted by Crippen LogP contribution is 2.35. The molecular formula is C49H56Cl2N6O5. The third-order valence-electron chi connectivity index (χ3n) is 11.4. The van der Waals surface area contributed by atoms with Gasteiger partial charge in [0.05, 0.1) is 30.7 Å². The second-order valence-corrected chi connectivity index (χ2v) is 15.6. The van der Waals surface area contributed by atoms with Crippen LogP contribution >= 0.6 is 11.6 Å². The summed E-state index contributed by atoms with van der Waals surface area (Å²) in [5.74, 6) is 1.03. The Kier molecular flexibility index (Phi) is 17.0. The van der Waals surface area contributed by atoms with E-state index >= 15 is 0 Å². The first-order valence-electron chi connectivity index (χ1n) is 21.4. The molecule has 13 heteroatoms. The van der Waals surface area contributed by atoms with Crippen LogP contribution in [-0.2, 0) is 16.0 Å². The number of carbonyl (C=O) groups is 3. The summed E-state index contributed by atoms with van der Waals surface area (Å²) < 4.78 is 15.7. The molecule has 2 heterocycles. The number of carbonyl (C=O) groups excluding carboxylic acids is 3. The summed E-state index contributed by atoms with van der Waals surface area (Å²) in [6, 6.07) is 26.8. The van der Waals surface area contributed by atoms with Crippen LogP contribution in [0.15, 0.2) is 83.3 Å². The third kappa shape index (κ3) is 11.0. The molecule has 0 unspecified atom stereocenters. The molecule has 2 N–H and O–H groups in total. The molecule has 0 fully saturated rings. The zero-order chi connectivity index (χ0) is 43.5. The SMILES string of the molecule is CCN(CCCCCC(=O)NCCCCNC(=O)Cc1c(C)n(C(=O)c2ccc(Cl)cc2)c2ccc(OC)cc12)c1ccc2oc3cc(=[N+](CC)CC)ccc-3c(C#N)c2c1.[Cl-]. The van der Waals surface area contributed by atoms with Gasteiger partial charge in [0.2, 0.25) is 17.2 Å². The van der Waals surface area contributed by atoms with Crippen LogP contribution in [0.25, 0.3) is 33.2 Å². The molecule has 1 aliphatic heterocycles. The molecular weight excluding hydrogens is 823 g/mol. The average Bonchev–Trinajstić information content (AvgIpc) is 3.54. The summed E-state index contributed by atoms with van der Waals surface area (Å²) in [6.45, 7) is 12.7. The van der Waals surface area contributed by atoms with Crippen molar-refractivity contribution in [1.29, 1.82) is 5.26 Å². The van der Waals surface area contributed by atoms with Gasteiger partial charge in [-0.05, 0) is 126 Å². The number of nitrogens with one attached hydrogen (secondary N) is 2. The largest absolute Gasteiger partial charge is 1.00 e. The van der Waals surface area contributed by atoms with Gasteiger partial charge < -0.3 is 37.1 Å². The van der Waals surface area contributed by atoms with E-state index in [2.05, 4.69) is 65.1 Å². The van der Waals surface area contributed by atoms with Gasteiger partial charge in [-0.3, -0.25) is 19.0 Å². The van der Waals surface area contributed by atoms with Crippen molar-refractivity contribution in [3.63, 3.8) is 0 Å². The summed E-state index contributed by atoms with van der Waals surface area (Å²) in [6.07, 6.45) is 4.68. The number of aromatic nitrogens is 1. The minimum Gasteiger partial charge on any atom is -1.00 e. The molecule has 1 aliphatic carbocycles. The lowest BCUT2D eigenvalue weighted by molar-refractivity contribution is -0.121. The van der Waals surface area contributed by atoms with E-state index in [1.54, 1.807) is 42.0 Å². The second-order valence-electron chi connectivity index (χ2n) is 15.2. The number of fused-ring (bicyclic) bond motifs is 3. The van der Waals surface area contributed by atoms with Crippen LogP contribution in [0.2, 0.25) is 5.02 Å². The van der Waals surface area contributed by atoms with Crippen LogP contribution in [0.4, 0.5) is 5.69 Å². The highest BCUT2D eigenvalue weighted by Gasteiger charge is 2.23. The van der Waals surface area contributed by atoms with Gasteiger partial charge in [0.1, 0.15) is 36.3 Å². The van der Waals surface area contributed by atoms with E-state index in [1.165, 1.54) is 0 Å². The molecule has 3 aromatic carbocycles. The fourth-order valence-electron chi connectivity index (χ4n) is 8.02. The summed E-state index contributed by atoms with van der Waals surface area (Å²) in [5.41, 5.74) is 5.82. The van der Waals surface area contributed by atoms with E-state index in [1.807, 2.05) is 37.3 Å². The molecule has 0 saturated carbocycles. The summed E-state index contributed by atoms with van der Waals surface area (Å²) in [4.78, 5) is 41.6. The topological polar surface area (TPSA) is 133 Å². The highest BCUT2D eigenvalue weighted by atomic mass is 35.5. The Bertz CT molecular complexity index is 2600. The minimum atomic E-state index is -0.203. The van der Waals surface area contributed by atoms with Crippen LogP contribution < -0.4 is 42.6 Å². The van der Waals surface area contributed by atoms with E-state index in [0.717, 1.165) is 91.2 Å². The minimum absolute atomic E-state index is 0. The molecule has 326 valence electrons. The van der Waals surface area contributed by atoms with Gasteiger partial charge in [-0.15, -0.1) is 0 Å². The molecule has 2 amide bonds. The molecule has 0 radical (unpaired) electrons. The molecule has 1 aromatic heterocycles. The van der Waals surface area contributed by atoms with Crippen molar-refractivity contribution >= 4 is 56.9 Å². The van der Waals surface area contributed by atoms with E-state index in [4.69, 9.17) is 20.8 Å². The Morgan fingerprint density at radius 3 is 2.26 bits per heavy atom. The molecule has 0 saturated heterocycles. The number of benzene rings is 4. The van der Waals surface area contributed by atoms with Gasteiger partial charge >= 0.3 is 0 Å². The summed E-state index contributed by atoms with van der Waals surface area (Å²) in [5, 5.41) is 19.4. The lowest BCUT2D eigenvalue weighted by Crippen LogP contribution is -3.00. The molecule has 11 nitrogen and oxygen atoms in total. The van der Waals surface area contributed by atoms with E-state index in [-0.39, 0.29) is 36.5 Å². The third-order valence-corrected chi connectivity index (χ3v) is 11.7. The first-order valence-corrected chi connectivity index (χ1v) is 21.7. The number of ether oxygens (including phenoxy) is 1. The van der Waals surface area contributed by atoms with Crippen LogP contribution in [-0.4, -0.2) is 68.7 Å². The monoisotopic (exact) mass is 878 g/mol. The number of anilines is 1. The molecule has 2 aliphatic rings. The highest BCUT2D eigenvalue weighted by molar-refractivity contribution is 6.30. The van der Waals surface area contributed by atoms with E-state index < -0.39 is 0 Å². The first-order chi connectivity index (χ1) is 29.6. The molecule has 0 atom stereocenters. The molecule has 0 spiro atoms. The molecule has 6 rings (SSSR count). The van der Waals surface area contributed by atoms with Gasteiger partial charge in [-0.25, -0.2) is 4.58 Å². The van der Waals surface area contributed by atoms with E-state index in [0.29, 0.717) is 64.0 Å². The number of rotatable bonds is 19. The zero-order valence-electron chi connectivity index (χ0n) is 36.3. The first kappa shape index (κ1) is 47.2. The summed E-state index contributed by atoms with van der Waals surface area (Å²) in [7, 11) is 1.59. The fourth-order valence-corrected chi connectivity index (χ4v) is 8.14. The zero-order valence-corrected chi connectivity index (χ0v) is 37.8. The predicted molar refractivity (Wildman–Crippen MR) is 244 cm³/mol. The quantitative estimate of drug-likeness (QED) is 0.0626. The van der Waals surface area contributed by atoms with Crippen LogP contribution in [0, 0.1) is 18.3 Å². The van der Waals surface area contributed by atoms with Crippen LogP contribution in [0.3, 0.4) is 0 Å². The van der Waals surface area contributed by atoms with Gasteiger partial charge in [0, 0.05) is 77.0 Å². The Labute approximate surface area is 375 Å². The average molecular weight is 880 g/mol. The van der Waals surface area contributed by atoms with Gasteiger partial charge in [-0.1, -0.05) is 18.0 Å². The Morgan fingerprint density at radius 1 is 0.855 bits per heavy atom. The molecule has 0 bridgehead atoms. The van der Waals surface area contributed by atoms with Crippen molar-refractivity contribution < 1.29 is 35.9 Å². The molecule has 4 aromatic rings. The van der Waals surface area contributed by atoms with Gasteiger partial charge in [-0.2, -0.15) is 5.26 Å². The normalized spacial score (nSPS) is 11.0. The number of nitrogens with zero attached hydrogens (tertiary/aromatic N) is 4. The number of halogens is 2. The number of unbranched alkanes of at least 4 members (excludes halogenated alkanes) is 3. The van der Waals surface area contributed by atoms with Crippen molar-refractivity contribution in [2.24, 2.45) is 0 Å².